The van der Waals surface area contributed by atoms with Gasteiger partial charge in [0.15, 0.2) is 12.4 Å². The second-order valence-electron chi connectivity index (χ2n) is 13.8. The number of nitrogens with one attached hydrogen (secondary N) is 1. The molecule has 1 aromatic rings. The van der Waals surface area contributed by atoms with Crippen LogP contribution in [0.25, 0.3) is 0 Å². The summed E-state index contributed by atoms with van der Waals surface area (Å²) < 4.78 is 58.4. The van der Waals surface area contributed by atoms with Gasteiger partial charge in [-0.1, -0.05) is 96.8 Å². The summed E-state index contributed by atoms with van der Waals surface area (Å²) in [6.45, 7) is 1.11. The van der Waals surface area contributed by atoms with Gasteiger partial charge in [0.25, 0.3) is 5.91 Å². The zero-order valence-electron chi connectivity index (χ0n) is 32.4. The minimum absolute atomic E-state index is 0. The maximum atomic E-state index is 12.7. The molecule has 0 radical (unpaired) electrons. The van der Waals surface area contributed by atoms with E-state index in [1.165, 1.54) is 70.6 Å². The summed E-state index contributed by atoms with van der Waals surface area (Å²) in [5.41, 5.74) is 0.412. The largest absolute Gasteiger partial charge is 1.00 e. The molecule has 0 spiro atoms. The summed E-state index contributed by atoms with van der Waals surface area (Å²) in [4.78, 5) is 37.5. The normalized spacial score (nSPS) is 20.2. The molecule has 1 unspecified atom stereocenters. The average molecular weight is 1160 g/mol. The van der Waals surface area contributed by atoms with E-state index >= 15 is 0 Å². The first-order valence-electron chi connectivity index (χ1n) is 19.2. The topological polar surface area (TPSA) is 218 Å². The van der Waals surface area contributed by atoms with Crippen LogP contribution in [0.4, 0.5) is 0 Å². The van der Waals surface area contributed by atoms with Gasteiger partial charge in [-0.3, -0.25) is 14.4 Å². The molecule has 1 aliphatic heterocycles. The van der Waals surface area contributed by atoms with E-state index in [-0.39, 0.29) is 48.9 Å². The van der Waals surface area contributed by atoms with Gasteiger partial charge >= 0.3 is 41.5 Å². The Morgan fingerprint density at radius 1 is 0.839 bits per heavy atom. The fraction of sp³-hybridized carbons (Fsp3) is 0.757. The molecule has 0 aliphatic carbocycles. The van der Waals surface area contributed by atoms with Crippen molar-refractivity contribution < 1.29 is 91.2 Å². The van der Waals surface area contributed by atoms with Crippen LogP contribution in [0, 0.1) is 10.7 Å². The van der Waals surface area contributed by atoms with Gasteiger partial charge in [-0.05, 0) is 86.3 Å². The number of carbonyl (C=O) groups is 3. The van der Waals surface area contributed by atoms with E-state index in [4.69, 9.17) is 18.9 Å². The Bertz CT molecular complexity index is 1430. The molecule has 6 atom stereocenters. The first-order chi connectivity index (χ1) is 26.1. The van der Waals surface area contributed by atoms with Crippen molar-refractivity contribution in [3.63, 3.8) is 0 Å². The standard InChI is InChI=1S/C37H58I3NO13S.Na/c1-2-3-4-5-6-7-8-9-10-11-12-13-14-15-16-17-30(43)51-22-26(42)23-52-37-34(46)33(45)35(29(53-37)24-55(48,49)50)54-31(44)18-19-41-36(47)27-20-25(38)21-28(39)32(27)40;/h20-21,26,29,33-35,37,42,45-46H,2-19,22-24H2,1H3,(H,41,47)(H,48,49,50);/q;+1/p-1/t26?,29-,33-,34-,35-,37+;/m1./s1. The van der Waals surface area contributed by atoms with Crippen LogP contribution in [0.15, 0.2) is 12.1 Å². The third-order valence-corrected chi connectivity index (χ3v) is 13.4. The van der Waals surface area contributed by atoms with Crippen LogP contribution in [0.2, 0.25) is 0 Å². The summed E-state index contributed by atoms with van der Waals surface area (Å²) >= 11 is 6.22. The second-order valence-corrected chi connectivity index (χ2v) is 18.8. The minimum atomic E-state index is -4.98. The van der Waals surface area contributed by atoms with E-state index < -0.39 is 83.7 Å². The number of unbranched alkanes of at least 4 members (excludes halogenated alkanes) is 14. The fourth-order valence-electron chi connectivity index (χ4n) is 5.99. The van der Waals surface area contributed by atoms with Crippen LogP contribution in [-0.4, -0.2) is 108 Å². The van der Waals surface area contributed by atoms with E-state index in [0.717, 1.165) is 30.0 Å². The Morgan fingerprint density at radius 3 is 1.95 bits per heavy atom. The van der Waals surface area contributed by atoms with Crippen LogP contribution in [0.5, 0.6) is 0 Å². The Morgan fingerprint density at radius 2 is 1.39 bits per heavy atom. The molecule has 1 saturated heterocycles. The van der Waals surface area contributed by atoms with Crippen LogP contribution < -0.4 is 34.9 Å². The van der Waals surface area contributed by atoms with Crippen molar-refractivity contribution in [1.29, 1.82) is 0 Å². The molecule has 1 fully saturated rings. The number of ether oxygens (including phenoxy) is 4. The van der Waals surface area contributed by atoms with Crippen molar-refractivity contribution in [2.45, 2.75) is 153 Å². The van der Waals surface area contributed by atoms with Crippen LogP contribution >= 0.6 is 67.8 Å². The van der Waals surface area contributed by atoms with E-state index in [1.54, 1.807) is 6.07 Å². The molecule has 1 aliphatic rings. The third kappa shape index (κ3) is 22.9. The Kier molecular flexibility index (Phi) is 29.7. The number of aliphatic hydroxyl groups is 3. The number of benzene rings is 1. The van der Waals surface area contributed by atoms with Crippen molar-refractivity contribution in [3.8, 4) is 0 Å². The molecule has 0 bridgehead atoms. The van der Waals surface area contributed by atoms with Gasteiger partial charge in [0.05, 0.1) is 34.5 Å². The second kappa shape index (κ2) is 30.5. The molecule has 0 saturated carbocycles. The molecule has 316 valence electrons. The van der Waals surface area contributed by atoms with Crippen molar-refractivity contribution >= 4 is 95.7 Å². The van der Waals surface area contributed by atoms with Gasteiger partial charge in [-0.25, -0.2) is 8.42 Å². The molecule has 19 heteroatoms. The molecule has 4 N–H and O–H groups in total. The van der Waals surface area contributed by atoms with Crippen molar-refractivity contribution in [1.82, 2.24) is 5.32 Å². The number of hydrogen-bond acceptors (Lipinski definition) is 13. The molecule has 2 rings (SSSR count). The summed E-state index contributed by atoms with van der Waals surface area (Å²) in [6, 6.07) is 3.59. The fourth-order valence-corrected chi connectivity index (χ4v) is 9.06. The van der Waals surface area contributed by atoms with Crippen molar-refractivity contribution in [2.75, 3.05) is 25.5 Å². The van der Waals surface area contributed by atoms with Crippen LogP contribution in [0.3, 0.4) is 0 Å². The maximum Gasteiger partial charge on any atom is 1.00 e. The van der Waals surface area contributed by atoms with Crippen molar-refractivity contribution in [2.24, 2.45) is 0 Å². The van der Waals surface area contributed by atoms with Crippen LogP contribution in [0.1, 0.15) is 126 Å². The SMILES string of the molecule is CCCCCCCCCCCCCCCCCC(=O)OCC(O)CO[C@H]1O[C@H](CS(=O)(=O)[O-])[C@@H](OC(=O)CCNC(=O)c2cc(I)cc(I)c2I)[C@H](O)[C@H]1O.[Na+]. The molecule has 56 heavy (non-hydrogen) atoms. The van der Waals surface area contributed by atoms with Gasteiger partial charge in [-0.2, -0.15) is 0 Å². The zero-order chi connectivity index (χ0) is 40.8. The number of halogens is 3. The van der Waals surface area contributed by atoms with E-state index in [2.05, 4.69) is 57.4 Å². The van der Waals surface area contributed by atoms with Crippen molar-refractivity contribution in [3.05, 3.63) is 28.4 Å². The Hall–Kier alpha value is 0.530. The summed E-state index contributed by atoms with van der Waals surface area (Å²) in [7, 11) is -4.98. The van der Waals surface area contributed by atoms with Gasteiger partial charge < -0.3 is 44.1 Å². The third-order valence-electron chi connectivity index (χ3n) is 9.00. The average Bonchev–Trinajstić information content (AvgIpc) is 3.12. The number of carbonyl (C=O) groups excluding carboxylic acids is 3. The zero-order valence-corrected chi connectivity index (χ0v) is 41.7. The number of aliphatic hydroxyl groups excluding tert-OH is 3. The molecular weight excluding hydrogens is 1100 g/mol. The number of esters is 2. The smallest absolute Gasteiger partial charge is 0.748 e. The summed E-state index contributed by atoms with van der Waals surface area (Å²) in [5, 5.41) is 34.3. The Labute approximate surface area is 394 Å². The predicted molar refractivity (Wildman–Crippen MR) is 229 cm³/mol. The van der Waals surface area contributed by atoms with Crippen LogP contribution in [-0.2, 0) is 38.7 Å². The van der Waals surface area contributed by atoms with E-state index in [1.807, 2.05) is 28.7 Å². The monoisotopic (exact) mass is 1160 g/mol. The van der Waals surface area contributed by atoms with Gasteiger partial charge in [-0.15, -0.1) is 0 Å². The molecule has 0 aromatic heterocycles. The first-order valence-corrected chi connectivity index (χ1v) is 24.0. The minimum Gasteiger partial charge on any atom is -0.748 e. The summed E-state index contributed by atoms with van der Waals surface area (Å²) in [6.07, 6.45) is 7.51. The van der Waals surface area contributed by atoms with E-state index in [9.17, 15) is 42.7 Å². The molecule has 1 heterocycles. The molecular formula is C37H57I3NNaO13S. The molecule has 1 amide bonds. The first kappa shape index (κ1) is 54.5. The molecule has 14 nitrogen and oxygen atoms in total. The summed E-state index contributed by atoms with van der Waals surface area (Å²) in [5.74, 6) is -3.12. The van der Waals surface area contributed by atoms with Gasteiger partial charge in [0.1, 0.15) is 31.0 Å². The number of rotatable bonds is 28. The van der Waals surface area contributed by atoms with E-state index in [0.29, 0.717) is 12.0 Å². The van der Waals surface area contributed by atoms with Gasteiger partial charge in [0, 0.05) is 23.7 Å². The number of amides is 1. The Balaban J connectivity index is 0.0000157. The predicted octanol–water partition coefficient (Wildman–Crippen LogP) is 2.71. The van der Waals surface area contributed by atoms with Gasteiger partial charge in [0.2, 0.25) is 0 Å². The quantitative estimate of drug-likeness (QED) is 0.0238. The molecule has 1 aromatic carbocycles. The maximum absolute atomic E-state index is 12.7. The number of hydrogen-bond donors (Lipinski definition) is 4.